The molecule has 1 rings (SSSR count). The number of nitrogens with zero attached hydrogens (tertiary/aromatic N) is 1. The third kappa shape index (κ3) is 3.66. The molecule has 8 heteroatoms. The first-order chi connectivity index (χ1) is 5.88. The molecule has 1 aromatic heterocycles. The minimum absolute atomic E-state index is 0.0248. The SMILES string of the molecule is Cc1cc(=O)n(CSP(O)(O)=S)o1. The summed E-state index contributed by atoms with van der Waals surface area (Å²) in [4.78, 5) is 28.8. The maximum absolute atomic E-state index is 11.0. The molecule has 1 heterocycles. The minimum atomic E-state index is -3.31. The molecule has 0 bridgehead atoms. The zero-order valence-corrected chi connectivity index (χ0v) is 9.23. The predicted molar refractivity (Wildman–Crippen MR) is 54.0 cm³/mol. The van der Waals surface area contributed by atoms with E-state index in [1.807, 2.05) is 0 Å². The third-order valence-electron chi connectivity index (χ3n) is 1.17. The average molecular weight is 241 g/mol. The summed E-state index contributed by atoms with van der Waals surface area (Å²) in [5.41, 5.74) is -3.62. The van der Waals surface area contributed by atoms with Crippen LogP contribution < -0.4 is 5.56 Å². The molecular weight excluding hydrogens is 233 g/mol. The molecule has 0 unspecified atom stereocenters. The molecule has 0 radical (unpaired) electrons. The van der Waals surface area contributed by atoms with Crippen LogP contribution in [0.25, 0.3) is 0 Å². The molecule has 0 saturated carbocycles. The maximum Gasteiger partial charge on any atom is 0.283 e. The number of hydrogen-bond acceptors (Lipinski definition) is 4. The second kappa shape index (κ2) is 3.98. The Labute approximate surface area is 83.3 Å². The van der Waals surface area contributed by atoms with Crippen molar-refractivity contribution in [3.8, 4) is 0 Å². The van der Waals surface area contributed by atoms with Gasteiger partial charge in [-0.25, -0.2) is 0 Å². The van der Waals surface area contributed by atoms with Gasteiger partial charge >= 0.3 is 0 Å². The van der Waals surface area contributed by atoms with Crippen molar-refractivity contribution >= 4 is 28.9 Å². The lowest BCUT2D eigenvalue weighted by molar-refractivity contribution is 0.279. The first-order valence-corrected chi connectivity index (χ1v) is 7.56. The molecular formula is C5H8NO4PS2. The van der Waals surface area contributed by atoms with Crippen LogP contribution in [0.15, 0.2) is 15.4 Å². The summed E-state index contributed by atoms with van der Waals surface area (Å²) in [7, 11) is 0. The van der Waals surface area contributed by atoms with Gasteiger partial charge < -0.3 is 14.3 Å². The highest BCUT2D eigenvalue weighted by Gasteiger charge is 2.10. The van der Waals surface area contributed by atoms with Crippen LogP contribution in [0.3, 0.4) is 0 Å². The monoisotopic (exact) mass is 241 g/mol. The number of aryl methyl sites for hydroxylation is 1. The van der Waals surface area contributed by atoms with E-state index in [0.717, 1.165) is 16.1 Å². The summed E-state index contributed by atoms with van der Waals surface area (Å²) >= 11 is 5.08. The quantitative estimate of drug-likeness (QED) is 0.757. The zero-order chi connectivity index (χ0) is 10.1. The van der Waals surface area contributed by atoms with Crippen molar-refractivity contribution in [2.45, 2.75) is 12.8 Å². The Morgan fingerprint density at radius 2 is 2.38 bits per heavy atom. The van der Waals surface area contributed by atoms with Gasteiger partial charge in [0, 0.05) is 6.07 Å². The lowest BCUT2D eigenvalue weighted by atomic mass is 10.5. The van der Waals surface area contributed by atoms with Gasteiger partial charge in [-0.05, 0) is 30.1 Å². The molecule has 0 aliphatic carbocycles. The molecule has 0 aromatic carbocycles. The van der Waals surface area contributed by atoms with E-state index in [-0.39, 0.29) is 11.4 Å². The molecule has 0 atom stereocenters. The lowest BCUT2D eigenvalue weighted by Gasteiger charge is -2.04. The Bertz CT molecular complexity index is 391. The maximum atomic E-state index is 11.0. The summed E-state index contributed by atoms with van der Waals surface area (Å²) in [6, 6.07) is 1.32. The molecule has 0 aliphatic rings. The van der Waals surface area contributed by atoms with E-state index < -0.39 is 5.69 Å². The van der Waals surface area contributed by atoms with Gasteiger partial charge in [-0.15, -0.1) is 0 Å². The Kier molecular flexibility index (Phi) is 3.37. The summed E-state index contributed by atoms with van der Waals surface area (Å²) in [6.07, 6.45) is 0. The molecule has 1 aromatic rings. The molecule has 0 aliphatic heterocycles. The van der Waals surface area contributed by atoms with Gasteiger partial charge in [0.25, 0.3) is 5.56 Å². The van der Waals surface area contributed by atoms with Crippen molar-refractivity contribution in [1.82, 2.24) is 4.74 Å². The average Bonchev–Trinajstić information content (AvgIpc) is 2.24. The summed E-state index contributed by atoms with van der Waals surface area (Å²) in [6.45, 7) is 1.64. The fourth-order valence-corrected chi connectivity index (χ4v) is 2.33. The van der Waals surface area contributed by atoms with Crippen LogP contribution >= 0.6 is 17.1 Å². The van der Waals surface area contributed by atoms with Crippen LogP contribution in [0.4, 0.5) is 0 Å². The first kappa shape index (κ1) is 11.0. The van der Waals surface area contributed by atoms with E-state index >= 15 is 0 Å². The van der Waals surface area contributed by atoms with E-state index in [4.69, 9.17) is 14.3 Å². The summed E-state index contributed by atoms with van der Waals surface area (Å²) in [5.74, 6) is 0.506. The zero-order valence-electron chi connectivity index (χ0n) is 6.71. The van der Waals surface area contributed by atoms with Crippen LogP contribution in [0, 0.1) is 6.92 Å². The van der Waals surface area contributed by atoms with Crippen molar-refractivity contribution in [1.29, 1.82) is 0 Å². The van der Waals surface area contributed by atoms with Crippen molar-refractivity contribution in [2.24, 2.45) is 0 Å². The summed E-state index contributed by atoms with van der Waals surface area (Å²) in [5, 5.41) is 0. The van der Waals surface area contributed by atoms with Crippen molar-refractivity contribution in [3.63, 3.8) is 0 Å². The minimum Gasteiger partial charge on any atom is -0.380 e. The number of hydrogen-bond donors (Lipinski definition) is 2. The molecule has 13 heavy (non-hydrogen) atoms. The van der Waals surface area contributed by atoms with Gasteiger partial charge in [-0.3, -0.25) is 4.79 Å². The van der Waals surface area contributed by atoms with Crippen LogP contribution in [0.1, 0.15) is 5.76 Å². The van der Waals surface area contributed by atoms with Crippen LogP contribution in [0.2, 0.25) is 0 Å². The lowest BCUT2D eigenvalue weighted by Crippen LogP contribution is -2.11. The van der Waals surface area contributed by atoms with Gasteiger partial charge in [0.1, 0.15) is 11.6 Å². The molecule has 5 nitrogen and oxygen atoms in total. The highest BCUT2D eigenvalue weighted by atomic mass is 32.9. The van der Waals surface area contributed by atoms with Crippen molar-refractivity contribution < 1.29 is 14.3 Å². The normalized spacial score (nSPS) is 11.9. The Morgan fingerprint density at radius 3 is 2.77 bits per heavy atom. The van der Waals surface area contributed by atoms with Gasteiger partial charge in [0.15, 0.2) is 0 Å². The highest BCUT2D eigenvalue weighted by Crippen LogP contribution is 2.51. The number of aromatic nitrogens is 1. The van der Waals surface area contributed by atoms with E-state index in [9.17, 15) is 4.79 Å². The van der Waals surface area contributed by atoms with Gasteiger partial charge in [-0.2, -0.15) is 4.74 Å². The topological polar surface area (TPSA) is 75.6 Å². The molecule has 0 saturated heterocycles. The molecule has 0 spiro atoms. The number of rotatable bonds is 3. The Hall–Kier alpha value is -0.0700. The van der Waals surface area contributed by atoms with Crippen molar-refractivity contribution in [3.05, 3.63) is 22.2 Å². The molecule has 0 fully saturated rings. The fourth-order valence-electron chi connectivity index (χ4n) is 0.709. The summed E-state index contributed by atoms with van der Waals surface area (Å²) < 4.78 is 5.96. The van der Waals surface area contributed by atoms with E-state index in [1.54, 1.807) is 6.92 Å². The largest absolute Gasteiger partial charge is 0.380 e. The predicted octanol–water partition coefficient (Wildman–Crippen LogP) is 0.650. The van der Waals surface area contributed by atoms with Gasteiger partial charge in [0.05, 0.1) is 0 Å². The second-order valence-electron chi connectivity index (χ2n) is 2.31. The Balaban J connectivity index is 2.71. The molecule has 0 amide bonds. The van der Waals surface area contributed by atoms with E-state index in [0.29, 0.717) is 5.76 Å². The van der Waals surface area contributed by atoms with Crippen LogP contribution in [-0.2, 0) is 17.7 Å². The highest BCUT2D eigenvalue weighted by molar-refractivity contribution is 8.66. The van der Waals surface area contributed by atoms with Gasteiger partial charge in [0.2, 0.25) is 5.69 Å². The smallest absolute Gasteiger partial charge is 0.283 e. The fraction of sp³-hybridized carbons (Fsp3) is 0.400. The van der Waals surface area contributed by atoms with Gasteiger partial charge in [-0.1, -0.05) is 0 Å². The first-order valence-electron chi connectivity index (χ1n) is 3.26. The second-order valence-corrected chi connectivity index (χ2v) is 8.33. The standard InChI is InChI=1S/C5H8NO4PS2/c1-4-2-5(7)6(10-4)3-13-11(8,9)12/h2H,3H2,1H3,(H2,8,9,12). The Morgan fingerprint density at radius 1 is 1.77 bits per heavy atom. The third-order valence-corrected chi connectivity index (χ3v) is 4.16. The molecule has 74 valence electrons. The van der Waals surface area contributed by atoms with Crippen molar-refractivity contribution in [2.75, 3.05) is 0 Å². The van der Waals surface area contributed by atoms with Crippen LogP contribution in [0.5, 0.6) is 0 Å². The van der Waals surface area contributed by atoms with E-state index in [1.165, 1.54) is 6.07 Å². The molecule has 2 N–H and O–H groups in total. The van der Waals surface area contributed by atoms with E-state index in [2.05, 4.69) is 11.8 Å². The van der Waals surface area contributed by atoms with Crippen LogP contribution in [-0.4, -0.2) is 14.5 Å².